The van der Waals surface area contributed by atoms with Crippen LogP contribution in [0, 0.1) is 6.92 Å². The Bertz CT molecular complexity index is 749. The fourth-order valence-electron chi connectivity index (χ4n) is 1.72. The number of thiazole rings is 1. The predicted molar refractivity (Wildman–Crippen MR) is 82.3 cm³/mol. The number of methoxy groups -OCH3 is 1. The normalized spacial score (nSPS) is 13.0. The minimum absolute atomic E-state index is 0.00366. The summed E-state index contributed by atoms with van der Waals surface area (Å²) >= 11 is 1.26. The third kappa shape index (κ3) is 3.54. The van der Waals surface area contributed by atoms with Gasteiger partial charge in [0.15, 0.2) is 10.8 Å². The van der Waals surface area contributed by atoms with Gasteiger partial charge in [0, 0.05) is 12.0 Å². The molecule has 22 heavy (non-hydrogen) atoms. The summed E-state index contributed by atoms with van der Waals surface area (Å²) in [4.78, 5) is 16.9. The Morgan fingerprint density at radius 1 is 1.55 bits per heavy atom. The molecule has 2 aromatic rings. The van der Waals surface area contributed by atoms with Crippen molar-refractivity contribution in [1.29, 1.82) is 0 Å². The standard InChI is InChI=1S/C13H16N2O5S2/c1-8(7-19-3)22(17,18)15-12(16)11-9(2)21-13(14-11)10-5-4-6-20-10/h4-6,8H,7H2,1-3H3,(H,15,16). The van der Waals surface area contributed by atoms with Gasteiger partial charge >= 0.3 is 0 Å². The molecule has 1 atom stereocenters. The summed E-state index contributed by atoms with van der Waals surface area (Å²) in [5.74, 6) is -0.225. The second kappa shape index (κ2) is 6.59. The van der Waals surface area contributed by atoms with Crippen LogP contribution in [0.3, 0.4) is 0 Å². The molecular weight excluding hydrogens is 328 g/mol. The lowest BCUT2D eigenvalue weighted by Gasteiger charge is -2.12. The Morgan fingerprint density at radius 2 is 2.27 bits per heavy atom. The molecule has 120 valence electrons. The summed E-state index contributed by atoms with van der Waals surface area (Å²) < 4.78 is 36.0. The highest BCUT2D eigenvalue weighted by Gasteiger charge is 2.26. The topological polar surface area (TPSA) is 98.5 Å². The number of nitrogens with zero attached hydrogens (tertiary/aromatic N) is 1. The van der Waals surface area contributed by atoms with Crippen LogP contribution in [-0.2, 0) is 14.8 Å². The molecule has 0 aliphatic rings. The Hall–Kier alpha value is -1.71. The van der Waals surface area contributed by atoms with Crippen LogP contribution in [0.15, 0.2) is 22.8 Å². The van der Waals surface area contributed by atoms with Crippen LogP contribution < -0.4 is 4.72 Å². The third-order valence-electron chi connectivity index (χ3n) is 2.91. The lowest BCUT2D eigenvalue weighted by atomic mass is 10.4. The van der Waals surface area contributed by atoms with Gasteiger partial charge in [-0.2, -0.15) is 0 Å². The Kier molecular flexibility index (Phi) is 4.99. The van der Waals surface area contributed by atoms with Gasteiger partial charge in [-0.15, -0.1) is 11.3 Å². The fraction of sp³-hybridized carbons (Fsp3) is 0.385. The van der Waals surface area contributed by atoms with Crippen LogP contribution in [0.1, 0.15) is 22.3 Å². The van der Waals surface area contributed by atoms with E-state index in [0.29, 0.717) is 15.6 Å². The van der Waals surface area contributed by atoms with Crippen molar-refractivity contribution in [2.45, 2.75) is 19.1 Å². The van der Waals surface area contributed by atoms with E-state index in [1.165, 1.54) is 31.6 Å². The highest BCUT2D eigenvalue weighted by Crippen LogP contribution is 2.27. The molecule has 2 rings (SSSR count). The zero-order valence-corrected chi connectivity index (χ0v) is 14.0. The van der Waals surface area contributed by atoms with Crippen LogP contribution in [0.25, 0.3) is 10.8 Å². The maximum atomic E-state index is 12.2. The summed E-state index contributed by atoms with van der Waals surface area (Å²) in [5, 5.41) is -0.320. The number of hydrogen-bond donors (Lipinski definition) is 1. The van der Waals surface area contributed by atoms with E-state index < -0.39 is 21.2 Å². The van der Waals surface area contributed by atoms with Crippen molar-refractivity contribution in [2.75, 3.05) is 13.7 Å². The molecule has 0 aliphatic carbocycles. The van der Waals surface area contributed by atoms with Gasteiger partial charge in [-0.25, -0.2) is 18.1 Å². The maximum Gasteiger partial charge on any atom is 0.284 e. The van der Waals surface area contributed by atoms with Crippen LogP contribution in [0.4, 0.5) is 0 Å². The summed E-state index contributed by atoms with van der Waals surface area (Å²) in [6, 6.07) is 3.43. The first-order chi connectivity index (χ1) is 10.3. The first-order valence-electron chi connectivity index (χ1n) is 6.41. The number of hydrogen-bond acceptors (Lipinski definition) is 7. The molecule has 0 saturated heterocycles. The first kappa shape index (κ1) is 16.7. The molecule has 7 nitrogen and oxygen atoms in total. The molecule has 0 spiro atoms. The molecular formula is C13H16N2O5S2. The average molecular weight is 344 g/mol. The Morgan fingerprint density at radius 3 is 2.86 bits per heavy atom. The second-order valence-corrected chi connectivity index (χ2v) is 7.95. The number of carbonyl (C=O) groups is 1. The molecule has 2 heterocycles. The molecule has 9 heteroatoms. The monoisotopic (exact) mass is 344 g/mol. The zero-order chi connectivity index (χ0) is 16.3. The van der Waals surface area contributed by atoms with Gasteiger partial charge in [-0.05, 0) is 26.0 Å². The van der Waals surface area contributed by atoms with E-state index in [0.717, 1.165) is 0 Å². The average Bonchev–Trinajstić information content (AvgIpc) is 3.07. The number of amides is 1. The summed E-state index contributed by atoms with van der Waals surface area (Å²) in [6.07, 6.45) is 1.50. The van der Waals surface area contributed by atoms with Gasteiger partial charge in [0.05, 0.1) is 12.9 Å². The smallest absolute Gasteiger partial charge is 0.284 e. The number of rotatable bonds is 6. The molecule has 0 fully saturated rings. The highest BCUT2D eigenvalue weighted by molar-refractivity contribution is 7.90. The number of carbonyl (C=O) groups excluding carboxylic acids is 1. The fourth-order valence-corrected chi connectivity index (χ4v) is 3.47. The molecule has 0 saturated carbocycles. The summed E-state index contributed by atoms with van der Waals surface area (Å²) in [7, 11) is -2.42. The molecule has 2 aromatic heterocycles. The van der Waals surface area contributed by atoms with Gasteiger partial charge in [0.25, 0.3) is 5.91 Å². The minimum Gasteiger partial charge on any atom is -0.462 e. The maximum absolute atomic E-state index is 12.2. The number of furan rings is 1. The number of aromatic nitrogens is 1. The van der Waals surface area contributed by atoms with Crippen molar-refractivity contribution in [3.8, 4) is 10.8 Å². The van der Waals surface area contributed by atoms with Crippen molar-refractivity contribution in [1.82, 2.24) is 9.71 Å². The molecule has 0 aromatic carbocycles. The Balaban J connectivity index is 2.20. The summed E-state index contributed by atoms with van der Waals surface area (Å²) in [6.45, 7) is 3.15. The van der Waals surface area contributed by atoms with Crippen molar-refractivity contribution in [3.05, 3.63) is 29.0 Å². The highest BCUT2D eigenvalue weighted by atomic mass is 32.2. The van der Waals surface area contributed by atoms with Crippen molar-refractivity contribution in [2.24, 2.45) is 0 Å². The van der Waals surface area contributed by atoms with Crippen molar-refractivity contribution in [3.63, 3.8) is 0 Å². The van der Waals surface area contributed by atoms with Crippen LogP contribution in [0.5, 0.6) is 0 Å². The largest absolute Gasteiger partial charge is 0.462 e. The number of ether oxygens (including phenoxy) is 1. The second-order valence-electron chi connectivity index (χ2n) is 4.64. The van der Waals surface area contributed by atoms with Crippen LogP contribution in [-0.4, -0.2) is 38.3 Å². The number of nitrogens with one attached hydrogen (secondary N) is 1. The molecule has 0 radical (unpaired) electrons. The lowest BCUT2D eigenvalue weighted by molar-refractivity contribution is 0.0976. The van der Waals surface area contributed by atoms with E-state index in [9.17, 15) is 13.2 Å². The van der Waals surface area contributed by atoms with Crippen LogP contribution in [0.2, 0.25) is 0 Å². The van der Waals surface area contributed by atoms with Gasteiger partial charge < -0.3 is 9.15 Å². The minimum atomic E-state index is -3.81. The van der Waals surface area contributed by atoms with Crippen molar-refractivity contribution >= 4 is 27.3 Å². The van der Waals surface area contributed by atoms with Crippen LogP contribution >= 0.6 is 11.3 Å². The molecule has 0 aliphatic heterocycles. The van der Waals surface area contributed by atoms with E-state index in [1.54, 1.807) is 19.1 Å². The summed E-state index contributed by atoms with van der Waals surface area (Å²) in [5.41, 5.74) is 0.0737. The lowest BCUT2D eigenvalue weighted by Crippen LogP contribution is -2.39. The third-order valence-corrected chi connectivity index (χ3v) is 5.56. The molecule has 1 N–H and O–H groups in total. The van der Waals surface area contributed by atoms with E-state index in [1.807, 2.05) is 4.72 Å². The zero-order valence-electron chi connectivity index (χ0n) is 12.3. The SMILES string of the molecule is COCC(C)S(=O)(=O)NC(=O)c1nc(-c2ccco2)sc1C. The van der Waals surface area contributed by atoms with E-state index in [-0.39, 0.29) is 12.3 Å². The predicted octanol–water partition coefficient (Wildman–Crippen LogP) is 1.81. The first-order valence-corrected chi connectivity index (χ1v) is 8.77. The molecule has 1 amide bonds. The van der Waals surface area contributed by atoms with E-state index >= 15 is 0 Å². The van der Waals surface area contributed by atoms with Gasteiger partial charge in [-0.1, -0.05) is 0 Å². The van der Waals surface area contributed by atoms with Crippen molar-refractivity contribution < 1.29 is 22.4 Å². The van der Waals surface area contributed by atoms with Gasteiger partial charge in [-0.3, -0.25) is 4.79 Å². The molecule has 0 bridgehead atoms. The number of sulfonamides is 1. The van der Waals surface area contributed by atoms with E-state index in [2.05, 4.69) is 4.98 Å². The molecule has 1 unspecified atom stereocenters. The van der Waals surface area contributed by atoms with Gasteiger partial charge in [0.1, 0.15) is 10.9 Å². The quantitative estimate of drug-likeness (QED) is 0.858. The van der Waals surface area contributed by atoms with Gasteiger partial charge in [0.2, 0.25) is 10.0 Å². The Labute approximate surface area is 132 Å². The van der Waals surface area contributed by atoms with E-state index in [4.69, 9.17) is 9.15 Å². The number of aryl methyl sites for hydroxylation is 1.